The molecule has 1 unspecified atom stereocenters. The van der Waals surface area contributed by atoms with E-state index in [9.17, 15) is 18.0 Å². The Bertz CT molecular complexity index is 1490. The number of alkyl halides is 3. The number of carbonyl (C=O) groups is 1. The third-order valence-electron chi connectivity index (χ3n) is 7.29. The standard InChI is InChI=1S/C29H27ClF3N3O4/c1-16(34)17-10-19(13-21(11-17)38-2)35-26(22-6-4-18(30)12-25(22)39-3)27(37)36-15-28(8-9-28)23-7-5-20(14-24(23)36)40-29(31,32)33/h4-7,10-14,26,34-35H,8-9,15H2,1-3H3. The number of halogens is 4. The van der Waals surface area contributed by atoms with Gasteiger partial charge in [-0.1, -0.05) is 23.7 Å². The van der Waals surface area contributed by atoms with Crippen LogP contribution in [0.1, 0.15) is 42.5 Å². The van der Waals surface area contributed by atoms with Gasteiger partial charge in [-0.15, -0.1) is 13.2 Å². The van der Waals surface area contributed by atoms with E-state index in [4.69, 9.17) is 26.5 Å². The highest BCUT2D eigenvalue weighted by molar-refractivity contribution is 6.30. The summed E-state index contributed by atoms with van der Waals surface area (Å²) in [6.45, 7) is 1.97. The second-order valence-electron chi connectivity index (χ2n) is 9.97. The fourth-order valence-corrected chi connectivity index (χ4v) is 5.33. The van der Waals surface area contributed by atoms with Crippen LogP contribution in [-0.4, -0.2) is 38.7 Å². The van der Waals surface area contributed by atoms with E-state index in [1.54, 1.807) is 49.4 Å². The van der Waals surface area contributed by atoms with Crippen LogP contribution in [0.3, 0.4) is 0 Å². The van der Waals surface area contributed by atoms with Crippen molar-refractivity contribution in [3.05, 3.63) is 76.3 Å². The van der Waals surface area contributed by atoms with Crippen molar-refractivity contribution < 1.29 is 32.2 Å². The fourth-order valence-electron chi connectivity index (χ4n) is 5.16. The molecule has 2 N–H and O–H groups in total. The first-order valence-electron chi connectivity index (χ1n) is 12.5. The topological polar surface area (TPSA) is 83.9 Å². The predicted octanol–water partition coefficient (Wildman–Crippen LogP) is 6.88. The Kier molecular flexibility index (Phi) is 7.08. The molecule has 1 amide bonds. The average Bonchev–Trinajstić information content (AvgIpc) is 3.62. The van der Waals surface area contributed by atoms with E-state index in [2.05, 4.69) is 10.1 Å². The third-order valence-corrected chi connectivity index (χ3v) is 7.52. The molecule has 1 atom stereocenters. The number of amides is 1. The van der Waals surface area contributed by atoms with Gasteiger partial charge >= 0.3 is 6.36 Å². The molecule has 1 heterocycles. The first-order valence-corrected chi connectivity index (χ1v) is 12.9. The molecule has 0 radical (unpaired) electrons. The van der Waals surface area contributed by atoms with Gasteiger partial charge in [-0.3, -0.25) is 4.79 Å². The minimum absolute atomic E-state index is 0.295. The van der Waals surface area contributed by atoms with Crippen molar-refractivity contribution >= 4 is 34.6 Å². The molecule has 1 aliphatic heterocycles. The summed E-state index contributed by atoms with van der Waals surface area (Å²) in [5, 5.41) is 11.8. The first-order chi connectivity index (χ1) is 18.9. The monoisotopic (exact) mass is 573 g/mol. The van der Waals surface area contributed by atoms with Crippen LogP contribution in [0.25, 0.3) is 0 Å². The summed E-state index contributed by atoms with van der Waals surface area (Å²) in [5.41, 5.74) is 2.78. The van der Waals surface area contributed by atoms with E-state index in [0.717, 1.165) is 18.4 Å². The van der Waals surface area contributed by atoms with Crippen LogP contribution in [0.15, 0.2) is 54.6 Å². The van der Waals surface area contributed by atoms with Crippen LogP contribution in [-0.2, 0) is 10.2 Å². The van der Waals surface area contributed by atoms with Gasteiger partial charge in [0.05, 0.1) is 19.9 Å². The summed E-state index contributed by atoms with van der Waals surface area (Å²) >= 11 is 6.20. The van der Waals surface area contributed by atoms with Gasteiger partial charge in [-0.2, -0.15) is 0 Å². The largest absolute Gasteiger partial charge is 0.573 e. The van der Waals surface area contributed by atoms with E-state index in [0.29, 0.717) is 51.3 Å². The van der Waals surface area contributed by atoms with Crippen molar-refractivity contribution in [2.24, 2.45) is 0 Å². The number of fused-ring (bicyclic) bond motifs is 2. The lowest BCUT2D eigenvalue weighted by atomic mass is 9.99. The Hall–Kier alpha value is -3.92. The zero-order valence-electron chi connectivity index (χ0n) is 22.0. The molecule has 1 saturated carbocycles. The van der Waals surface area contributed by atoms with Gasteiger partial charge in [-0.05, 0) is 55.7 Å². The summed E-state index contributed by atoms with van der Waals surface area (Å²) in [6, 6.07) is 13.2. The molecular weight excluding hydrogens is 547 g/mol. The highest BCUT2D eigenvalue weighted by Gasteiger charge is 2.54. The smallest absolute Gasteiger partial charge is 0.497 e. The first kappa shape index (κ1) is 27.6. The van der Waals surface area contributed by atoms with Gasteiger partial charge in [-0.25, -0.2) is 0 Å². The van der Waals surface area contributed by atoms with Gasteiger partial charge in [0.15, 0.2) is 0 Å². The van der Waals surface area contributed by atoms with Crippen LogP contribution < -0.4 is 24.4 Å². The maximum atomic E-state index is 14.4. The van der Waals surface area contributed by atoms with Crippen LogP contribution in [0.2, 0.25) is 5.02 Å². The lowest BCUT2D eigenvalue weighted by Crippen LogP contribution is -2.38. The van der Waals surface area contributed by atoms with E-state index in [1.807, 2.05) is 0 Å². The minimum Gasteiger partial charge on any atom is -0.497 e. The number of carbonyl (C=O) groups excluding carboxylic acids is 1. The van der Waals surface area contributed by atoms with Crippen molar-refractivity contribution in [2.75, 3.05) is 31.0 Å². The number of ether oxygens (including phenoxy) is 3. The Balaban J connectivity index is 1.59. The molecular formula is C29H27ClF3N3O4. The molecule has 210 valence electrons. The second kappa shape index (κ2) is 10.2. The molecule has 5 rings (SSSR count). The number of nitrogens with one attached hydrogen (secondary N) is 2. The SMILES string of the molecule is COc1cc(NC(C(=O)N2CC3(CC3)c3ccc(OC(F)(F)F)cc32)c2ccc(Cl)cc2OC)cc(C(C)=N)c1. The molecule has 3 aromatic carbocycles. The molecule has 0 bridgehead atoms. The summed E-state index contributed by atoms with van der Waals surface area (Å²) in [4.78, 5) is 15.9. The van der Waals surface area contributed by atoms with Crippen molar-refractivity contribution in [2.45, 2.75) is 37.6 Å². The number of hydrogen-bond donors (Lipinski definition) is 2. The van der Waals surface area contributed by atoms with E-state index in [-0.39, 0.29) is 5.41 Å². The number of nitrogens with zero attached hydrogens (tertiary/aromatic N) is 1. The third kappa shape index (κ3) is 5.40. The van der Waals surface area contributed by atoms with Gasteiger partial charge in [0.25, 0.3) is 5.91 Å². The maximum Gasteiger partial charge on any atom is 0.573 e. The van der Waals surface area contributed by atoms with E-state index < -0.39 is 24.1 Å². The zero-order valence-corrected chi connectivity index (χ0v) is 22.7. The molecule has 1 aliphatic carbocycles. The maximum absolute atomic E-state index is 14.4. The Labute approximate surface area is 234 Å². The Morgan fingerprint density at radius 1 is 1.05 bits per heavy atom. The molecule has 1 fully saturated rings. The number of methoxy groups -OCH3 is 2. The fraction of sp³-hybridized carbons (Fsp3) is 0.310. The van der Waals surface area contributed by atoms with Crippen molar-refractivity contribution in [3.8, 4) is 17.2 Å². The Morgan fingerprint density at radius 3 is 2.42 bits per heavy atom. The highest BCUT2D eigenvalue weighted by atomic mass is 35.5. The van der Waals surface area contributed by atoms with Gasteiger partial charge in [0.2, 0.25) is 0 Å². The zero-order chi connectivity index (χ0) is 28.8. The molecule has 40 heavy (non-hydrogen) atoms. The number of benzene rings is 3. The van der Waals surface area contributed by atoms with Gasteiger partial charge in [0.1, 0.15) is 23.3 Å². The number of rotatable bonds is 8. The summed E-state index contributed by atoms with van der Waals surface area (Å²) in [6.07, 6.45) is -3.22. The number of hydrogen-bond acceptors (Lipinski definition) is 6. The predicted molar refractivity (Wildman–Crippen MR) is 146 cm³/mol. The van der Waals surface area contributed by atoms with Crippen molar-refractivity contribution in [3.63, 3.8) is 0 Å². The van der Waals surface area contributed by atoms with Crippen LogP contribution in [0.5, 0.6) is 17.2 Å². The second-order valence-corrected chi connectivity index (χ2v) is 10.4. The molecule has 0 aromatic heterocycles. The molecule has 1 spiro atoms. The average molecular weight is 574 g/mol. The molecule has 2 aliphatic rings. The molecule has 7 nitrogen and oxygen atoms in total. The Morgan fingerprint density at radius 2 is 1.80 bits per heavy atom. The van der Waals surface area contributed by atoms with E-state index in [1.165, 1.54) is 31.3 Å². The summed E-state index contributed by atoms with van der Waals surface area (Å²) in [5.74, 6) is 0.0534. The van der Waals surface area contributed by atoms with Crippen molar-refractivity contribution in [1.29, 1.82) is 5.41 Å². The normalized spacial score (nSPS) is 15.8. The van der Waals surface area contributed by atoms with E-state index >= 15 is 0 Å². The molecule has 3 aromatic rings. The van der Waals surface area contributed by atoms with Crippen molar-refractivity contribution in [1.82, 2.24) is 0 Å². The van der Waals surface area contributed by atoms with Crippen LogP contribution in [0, 0.1) is 5.41 Å². The summed E-state index contributed by atoms with van der Waals surface area (Å²) in [7, 11) is 2.97. The van der Waals surface area contributed by atoms with Gasteiger partial charge < -0.3 is 29.8 Å². The quantitative estimate of drug-likeness (QED) is 0.287. The lowest BCUT2D eigenvalue weighted by Gasteiger charge is -2.28. The van der Waals surface area contributed by atoms with Crippen LogP contribution >= 0.6 is 11.6 Å². The van der Waals surface area contributed by atoms with Crippen LogP contribution in [0.4, 0.5) is 24.5 Å². The molecule has 11 heteroatoms. The highest BCUT2D eigenvalue weighted by Crippen LogP contribution is 2.57. The minimum atomic E-state index is -4.86. The number of anilines is 2. The lowest BCUT2D eigenvalue weighted by molar-refractivity contribution is -0.274. The molecule has 0 saturated heterocycles. The van der Waals surface area contributed by atoms with Gasteiger partial charge in [0, 0.05) is 51.6 Å². The summed E-state index contributed by atoms with van der Waals surface area (Å²) < 4.78 is 54.2.